The van der Waals surface area contributed by atoms with E-state index in [0.29, 0.717) is 23.8 Å². The van der Waals surface area contributed by atoms with Crippen molar-refractivity contribution in [3.05, 3.63) is 76.6 Å². The van der Waals surface area contributed by atoms with E-state index in [1.807, 2.05) is 0 Å². The van der Waals surface area contributed by atoms with Crippen molar-refractivity contribution >= 4 is 11.5 Å². The Labute approximate surface area is 183 Å². The molecule has 2 aromatic rings. The molecule has 0 radical (unpaired) electrons. The van der Waals surface area contributed by atoms with Crippen LogP contribution < -0.4 is 0 Å². The highest BCUT2D eigenvalue weighted by Gasteiger charge is 2.54. The molecule has 3 nitrogen and oxygen atoms in total. The zero-order chi connectivity index (χ0) is 24.2. The van der Waals surface area contributed by atoms with Gasteiger partial charge in [-0.3, -0.25) is 4.79 Å². The van der Waals surface area contributed by atoms with Crippen LogP contribution in [0.15, 0.2) is 48.5 Å². The average molecular weight is 474 g/mol. The van der Waals surface area contributed by atoms with Crippen LogP contribution in [0.4, 0.5) is 30.7 Å². The van der Waals surface area contributed by atoms with E-state index >= 15 is 0 Å². The van der Waals surface area contributed by atoms with Crippen LogP contribution in [0, 0.1) is 11.7 Å². The minimum absolute atomic E-state index is 0.105. The third-order valence-corrected chi connectivity index (χ3v) is 6.23. The number of halogens is 7. The van der Waals surface area contributed by atoms with Gasteiger partial charge in [-0.15, -0.1) is 0 Å². The molecule has 1 spiro atoms. The Morgan fingerprint density at radius 2 is 1.67 bits per heavy atom. The zero-order valence-corrected chi connectivity index (χ0v) is 16.8. The predicted octanol–water partition coefficient (Wildman–Crippen LogP) is 6.29. The van der Waals surface area contributed by atoms with Gasteiger partial charge in [0.2, 0.25) is 0 Å². The lowest BCUT2D eigenvalue weighted by Crippen LogP contribution is -2.34. The second-order valence-corrected chi connectivity index (χ2v) is 8.18. The van der Waals surface area contributed by atoms with Crippen LogP contribution >= 0.6 is 0 Å². The highest BCUT2D eigenvalue weighted by Crippen LogP contribution is 2.54. The SMILES string of the molecule is O=C(O)[C@H]1CC[C@@]2(C=C(c3cc(C(F)(F)F)ccc3C(F)(F)F)CO2)[C@@H]1c1ccc(F)cc1. The fourth-order valence-corrected chi connectivity index (χ4v) is 4.80. The van der Waals surface area contributed by atoms with Crippen molar-refractivity contribution < 1.29 is 45.4 Å². The molecule has 0 unspecified atom stereocenters. The largest absolute Gasteiger partial charge is 0.481 e. The van der Waals surface area contributed by atoms with Crippen LogP contribution in [-0.4, -0.2) is 23.3 Å². The van der Waals surface area contributed by atoms with Crippen molar-refractivity contribution in [2.75, 3.05) is 6.61 Å². The second kappa shape index (κ2) is 7.86. The lowest BCUT2D eigenvalue weighted by molar-refractivity contribution is -0.143. The van der Waals surface area contributed by atoms with Crippen molar-refractivity contribution in [2.45, 2.75) is 36.7 Å². The maximum absolute atomic E-state index is 13.6. The van der Waals surface area contributed by atoms with Crippen LogP contribution in [0.2, 0.25) is 0 Å². The van der Waals surface area contributed by atoms with Crippen molar-refractivity contribution in [3.8, 4) is 0 Å². The monoisotopic (exact) mass is 474 g/mol. The van der Waals surface area contributed by atoms with E-state index in [2.05, 4.69) is 0 Å². The van der Waals surface area contributed by atoms with Gasteiger partial charge < -0.3 is 9.84 Å². The number of rotatable bonds is 3. The summed E-state index contributed by atoms with van der Waals surface area (Å²) in [5.74, 6) is -3.52. The third kappa shape index (κ3) is 4.23. The molecule has 3 atom stereocenters. The molecule has 0 saturated heterocycles. The lowest BCUT2D eigenvalue weighted by Gasteiger charge is -2.31. The molecular formula is C23H17F7O3. The van der Waals surface area contributed by atoms with Gasteiger partial charge in [0, 0.05) is 5.92 Å². The van der Waals surface area contributed by atoms with Crippen LogP contribution in [0.5, 0.6) is 0 Å². The Morgan fingerprint density at radius 1 is 1.00 bits per heavy atom. The Kier molecular flexibility index (Phi) is 5.55. The van der Waals surface area contributed by atoms with Crippen molar-refractivity contribution in [1.29, 1.82) is 0 Å². The van der Waals surface area contributed by atoms with E-state index in [1.54, 1.807) is 0 Å². The van der Waals surface area contributed by atoms with Gasteiger partial charge in [-0.2, -0.15) is 26.3 Å². The van der Waals surface area contributed by atoms with E-state index in [-0.39, 0.29) is 18.4 Å². The minimum Gasteiger partial charge on any atom is -0.481 e. The van der Waals surface area contributed by atoms with Gasteiger partial charge in [0.1, 0.15) is 5.82 Å². The fourth-order valence-electron chi connectivity index (χ4n) is 4.80. The normalized spacial score (nSPS) is 25.5. The topological polar surface area (TPSA) is 46.5 Å². The fraction of sp³-hybridized carbons (Fsp3) is 0.348. The van der Waals surface area contributed by atoms with Gasteiger partial charge in [0.25, 0.3) is 0 Å². The number of carbonyl (C=O) groups is 1. The van der Waals surface area contributed by atoms with Crippen LogP contribution in [0.3, 0.4) is 0 Å². The molecule has 2 aliphatic rings. The molecule has 0 bridgehead atoms. The van der Waals surface area contributed by atoms with E-state index in [4.69, 9.17) is 4.74 Å². The van der Waals surface area contributed by atoms with Gasteiger partial charge >= 0.3 is 18.3 Å². The summed E-state index contributed by atoms with van der Waals surface area (Å²) in [7, 11) is 0. The molecule has 2 aromatic carbocycles. The Bertz CT molecular complexity index is 1100. The summed E-state index contributed by atoms with van der Waals surface area (Å²) in [4.78, 5) is 11.9. The van der Waals surface area contributed by atoms with E-state index in [9.17, 15) is 40.6 Å². The van der Waals surface area contributed by atoms with E-state index < -0.39 is 64.9 Å². The molecule has 176 valence electrons. The standard InChI is InChI=1S/C23H17F7O3/c24-15-4-1-12(2-5-15)19-16(20(31)32)7-8-21(19)10-13(11-33-21)17-9-14(22(25,26)27)3-6-18(17)23(28,29)30/h1-6,9-10,16,19H,7-8,11H2,(H,31,32)/t16-,19+,21+/m0/s1. The number of alkyl halides is 6. The molecule has 0 amide bonds. The molecule has 1 fully saturated rings. The smallest absolute Gasteiger partial charge is 0.416 e. The predicted molar refractivity (Wildman–Crippen MR) is 103 cm³/mol. The molecule has 1 heterocycles. The molecule has 1 aliphatic carbocycles. The van der Waals surface area contributed by atoms with Crippen LogP contribution in [0.25, 0.3) is 5.57 Å². The summed E-state index contributed by atoms with van der Waals surface area (Å²) in [6.07, 6.45) is -8.18. The Balaban J connectivity index is 1.84. The van der Waals surface area contributed by atoms with Gasteiger partial charge in [-0.1, -0.05) is 12.1 Å². The number of benzene rings is 2. The molecular weight excluding hydrogens is 457 g/mol. The number of carboxylic acids is 1. The highest BCUT2D eigenvalue weighted by molar-refractivity contribution is 5.76. The molecule has 1 saturated carbocycles. The molecule has 0 aromatic heterocycles. The number of aliphatic carboxylic acids is 1. The van der Waals surface area contributed by atoms with E-state index in [1.165, 1.54) is 18.2 Å². The van der Waals surface area contributed by atoms with Gasteiger partial charge in [0.15, 0.2) is 0 Å². The first-order chi connectivity index (χ1) is 15.3. The van der Waals surface area contributed by atoms with Crippen molar-refractivity contribution in [2.24, 2.45) is 5.92 Å². The molecule has 1 N–H and O–H groups in total. The van der Waals surface area contributed by atoms with Gasteiger partial charge in [-0.05, 0) is 65.9 Å². The summed E-state index contributed by atoms with van der Waals surface area (Å²) >= 11 is 0. The summed E-state index contributed by atoms with van der Waals surface area (Å²) in [6, 6.07) is 6.22. The average Bonchev–Trinajstić information content (AvgIpc) is 3.31. The third-order valence-electron chi connectivity index (χ3n) is 6.23. The summed E-state index contributed by atoms with van der Waals surface area (Å²) in [5.41, 5.74) is -4.17. The minimum atomic E-state index is -4.91. The first kappa shape index (κ1) is 23.3. The quantitative estimate of drug-likeness (QED) is 0.532. The maximum atomic E-state index is 13.6. The van der Waals surface area contributed by atoms with Gasteiger partial charge in [-0.25, -0.2) is 4.39 Å². The molecule has 10 heteroatoms. The zero-order valence-electron chi connectivity index (χ0n) is 16.8. The maximum Gasteiger partial charge on any atom is 0.416 e. The molecule has 4 rings (SSSR count). The first-order valence-electron chi connectivity index (χ1n) is 9.94. The first-order valence-corrected chi connectivity index (χ1v) is 9.94. The van der Waals surface area contributed by atoms with Crippen LogP contribution in [0.1, 0.15) is 41.0 Å². The highest BCUT2D eigenvalue weighted by atomic mass is 19.4. The molecule has 1 aliphatic heterocycles. The summed E-state index contributed by atoms with van der Waals surface area (Å²) in [6.45, 7) is -0.422. The molecule has 33 heavy (non-hydrogen) atoms. The number of hydrogen-bond donors (Lipinski definition) is 1. The lowest BCUT2D eigenvalue weighted by atomic mass is 9.79. The van der Waals surface area contributed by atoms with Crippen LogP contribution in [-0.2, 0) is 21.9 Å². The van der Waals surface area contributed by atoms with E-state index in [0.717, 1.165) is 12.1 Å². The summed E-state index contributed by atoms with van der Waals surface area (Å²) < 4.78 is 99.6. The number of carboxylic acid groups (broad SMARTS) is 1. The number of ether oxygens (including phenoxy) is 1. The number of hydrogen-bond acceptors (Lipinski definition) is 2. The summed E-state index contributed by atoms with van der Waals surface area (Å²) in [5, 5.41) is 9.68. The second-order valence-electron chi connectivity index (χ2n) is 8.18. The van der Waals surface area contributed by atoms with Gasteiger partial charge in [0.05, 0.1) is 29.3 Å². The Morgan fingerprint density at radius 3 is 2.24 bits per heavy atom. The van der Waals surface area contributed by atoms with Crippen molar-refractivity contribution in [3.63, 3.8) is 0 Å². The van der Waals surface area contributed by atoms with Crippen molar-refractivity contribution in [1.82, 2.24) is 0 Å². The Hall–Kier alpha value is -2.88.